The lowest BCUT2D eigenvalue weighted by Gasteiger charge is -2.38. The van der Waals surface area contributed by atoms with Gasteiger partial charge in [-0.25, -0.2) is 14.8 Å². The molecule has 1 heterocycles. The largest absolute Gasteiger partial charge is 0.497 e. The quantitative estimate of drug-likeness (QED) is 0.185. The predicted molar refractivity (Wildman–Crippen MR) is 158 cm³/mol. The monoisotopic (exact) mass is 585 g/mol. The van der Waals surface area contributed by atoms with Gasteiger partial charge < -0.3 is 35.8 Å². The minimum Gasteiger partial charge on any atom is -0.497 e. The summed E-state index contributed by atoms with van der Waals surface area (Å²) in [5.74, 6) is -0.0767. The van der Waals surface area contributed by atoms with Crippen molar-refractivity contribution in [3.05, 3.63) is 70.5 Å². The Balaban J connectivity index is 1.72. The van der Waals surface area contributed by atoms with Crippen LogP contribution in [0.3, 0.4) is 0 Å². The summed E-state index contributed by atoms with van der Waals surface area (Å²) in [5.41, 5.74) is 13.6. The summed E-state index contributed by atoms with van der Waals surface area (Å²) >= 11 is 5.93. The normalized spacial score (nSPS) is 11.2. The van der Waals surface area contributed by atoms with E-state index >= 15 is 0 Å². The molecule has 12 heteroatoms. The van der Waals surface area contributed by atoms with Crippen molar-refractivity contribution in [1.29, 1.82) is 0 Å². The second kappa shape index (κ2) is 15.1. The molecule has 0 saturated carbocycles. The van der Waals surface area contributed by atoms with Crippen LogP contribution in [0.5, 0.6) is 11.5 Å². The Labute approximate surface area is 245 Å². The number of nitrogens with two attached hydrogens (primary N) is 2. The number of aryl methyl sites for hydroxylation is 2. The zero-order valence-corrected chi connectivity index (χ0v) is 24.2. The molecule has 1 amide bonds. The number of hydrogen-bond donors (Lipinski definition) is 4. The predicted octanol–water partition coefficient (Wildman–Crippen LogP) is 3.21. The van der Waals surface area contributed by atoms with Gasteiger partial charge in [0, 0.05) is 12.8 Å². The highest BCUT2D eigenvalue weighted by molar-refractivity contribution is 6.31. The van der Waals surface area contributed by atoms with Crippen LogP contribution in [0, 0.1) is 0 Å². The van der Waals surface area contributed by atoms with Gasteiger partial charge in [0.25, 0.3) is 5.91 Å². The Hall–Kier alpha value is -4.09. The second-order valence-electron chi connectivity index (χ2n) is 9.86. The molecule has 0 aliphatic rings. The first-order chi connectivity index (χ1) is 19.6. The fourth-order valence-corrected chi connectivity index (χ4v) is 4.91. The molecule has 2 aromatic carbocycles. The number of amides is 1. The van der Waals surface area contributed by atoms with Gasteiger partial charge in [-0.05, 0) is 48.2 Å². The van der Waals surface area contributed by atoms with Gasteiger partial charge in [0.1, 0.15) is 11.5 Å². The van der Waals surface area contributed by atoms with Crippen LogP contribution in [-0.4, -0.2) is 78.4 Å². The van der Waals surface area contributed by atoms with E-state index in [1.54, 1.807) is 14.2 Å². The third kappa shape index (κ3) is 9.51. The van der Waals surface area contributed by atoms with Crippen molar-refractivity contribution in [2.45, 2.75) is 25.7 Å². The first-order valence-corrected chi connectivity index (χ1v) is 13.7. The van der Waals surface area contributed by atoms with Crippen LogP contribution < -0.4 is 26.3 Å². The highest BCUT2D eigenvalue weighted by Crippen LogP contribution is 2.19. The fourth-order valence-electron chi connectivity index (χ4n) is 4.78. The molecule has 11 nitrogen and oxygen atoms in total. The highest BCUT2D eigenvalue weighted by Gasteiger charge is 2.30. The molecule has 0 radical (unpaired) electrons. The van der Waals surface area contributed by atoms with Gasteiger partial charge in [0.15, 0.2) is 29.0 Å². The molecule has 0 unspecified atom stereocenters. The molecule has 3 aromatic rings. The van der Waals surface area contributed by atoms with Crippen molar-refractivity contribution >= 4 is 35.1 Å². The fraction of sp³-hybridized carbons (Fsp3) is 0.379. The van der Waals surface area contributed by atoms with Crippen molar-refractivity contribution in [3.63, 3.8) is 0 Å². The van der Waals surface area contributed by atoms with Crippen LogP contribution in [0.15, 0.2) is 48.5 Å². The minimum absolute atomic E-state index is 0.0634. The highest BCUT2D eigenvalue weighted by atomic mass is 35.5. The summed E-state index contributed by atoms with van der Waals surface area (Å²) in [4.78, 5) is 32.7. The van der Waals surface area contributed by atoms with Crippen LogP contribution in [0.4, 0.5) is 11.6 Å². The van der Waals surface area contributed by atoms with Crippen LogP contribution in [0.2, 0.25) is 5.15 Å². The number of nitrogens with zero attached hydrogens (tertiary/aromatic N) is 3. The molecule has 0 fully saturated rings. The number of carboxylic acids is 1. The second-order valence-corrected chi connectivity index (χ2v) is 10.2. The number of methoxy groups -OCH3 is 2. The van der Waals surface area contributed by atoms with E-state index in [1.165, 1.54) is 0 Å². The standard InChI is InChI=1S/C29H37ClN6O5/c1-40-22-11-7-20(8-12-22)5-3-16-36(19-24(37)38,17-4-6-21-9-13-23(41-2)14-10-21)18-15-33-29(39)25-27(31)35-28(32)26(30)34-25/h7-14H,3-6,15-19H2,1-2H3,(H5-,31,32,33,35,37,38,39)/p+1. The van der Waals surface area contributed by atoms with Gasteiger partial charge in [-0.3, -0.25) is 4.79 Å². The maximum Gasteiger partial charge on any atom is 0.359 e. The van der Waals surface area contributed by atoms with Crippen LogP contribution in [0.25, 0.3) is 0 Å². The average molecular weight is 586 g/mol. The summed E-state index contributed by atoms with van der Waals surface area (Å²) in [6, 6.07) is 15.7. The summed E-state index contributed by atoms with van der Waals surface area (Å²) in [5, 5.41) is 12.6. The Morgan fingerprint density at radius 1 is 0.854 bits per heavy atom. The van der Waals surface area contributed by atoms with E-state index in [1.807, 2.05) is 48.5 Å². The molecule has 0 bridgehead atoms. The van der Waals surface area contributed by atoms with E-state index in [9.17, 15) is 14.7 Å². The molecule has 0 spiro atoms. The number of benzene rings is 2. The molecule has 6 N–H and O–H groups in total. The molecular formula is C29H38ClN6O5+. The average Bonchev–Trinajstić information content (AvgIpc) is 2.95. The van der Waals surface area contributed by atoms with Gasteiger partial charge in [0.05, 0.1) is 40.4 Å². The molecule has 0 atom stereocenters. The first-order valence-electron chi connectivity index (χ1n) is 13.3. The minimum atomic E-state index is -0.898. The Kier molecular flexibility index (Phi) is 11.5. The smallest absolute Gasteiger partial charge is 0.359 e. The first kappa shape index (κ1) is 31.4. The molecule has 0 aliphatic carbocycles. The number of nitrogens with one attached hydrogen (secondary N) is 1. The van der Waals surface area contributed by atoms with Gasteiger partial charge in [-0.1, -0.05) is 35.9 Å². The number of carbonyl (C=O) groups is 2. The summed E-state index contributed by atoms with van der Waals surface area (Å²) in [6.07, 6.45) is 3.10. The maximum atomic E-state index is 12.8. The molecule has 1 aromatic heterocycles. The number of halogens is 1. The number of hydrogen-bond acceptors (Lipinski definition) is 8. The van der Waals surface area contributed by atoms with Gasteiger partial charge in [0.2, 0.25) is 0 Å². The van der Waals surface area contributed by atoms with Crippen molar-refractivity contribution in [1.82, 2.24) is 15.3 Å². The lowest BCUT2D eigenvalue weighted by Crippen LogP contribution is -2.55. The number of nitrogen functional groups attached to an aromatic ring is 2. The number of carboxylic acid groups (broad SMARTS) is 1. The van der Waals surface area contributed by atoms with Crippen LogP contribution in [0.1, 0.15) is 34.5 Å². The van der Waals surface area contributed by atoms with E-state index in [2.05, 4.69) is 15.3 Å². The topological polar surface area (TPSA) is 163 Å². The van der Waals surface area contributed by atoms with Gasteiger partial charge in [-0.2, -0.15) is 0 Å². The maximum absolute atomic E-state index is 12.8. The van der Waals surface area contributed by atoms with E-state index in [4.69, 9.17) is 32.5 Å². The van der Waals surface area contributed by atoms with E-state index in [0.29, 0.717) is 24.1 Å². The Morgan fingerprint density at radius 2 is 1.37 bits per heavy atom. The third-order valence-electron chi connectivity index (χ3n) is 6.98. The molecular weight excluding hydrogens is 548 g/mol. The number of carbonyl (C=O) groups excluding carboxylic acids is 1. The van der Waals surface area contributed by atoms with Gasteiger partial charge >= 0.3 is 5.97 Å². The van der Waals surface area contributed by atoms with E-state index in [-0.39, 0.29) is 35.6 Å². The molecule has 41 heavy (non-hydrogen) atoms. The summed E-state index contributed by atoms with van der Waals surface area (Å²) in [6.45, 7) is 1.77. The zero-order valence-electron chi connectivity index (χ0n) is 23.4. The van der Waals surface area contributed by atoms with Gasteiger partial charge in [-0.15, -0.1) is 0 Å². The Morgan fingerprint density at radius 3 is 1.83 bits per heavy atom. The molecule has 3 rings (SSSR count). The number of aromatic nitrogens is 2. The number of rotatable bonds is 16. The SMILES string of the molecule is COc1ccc(CCC[N+](CCCc2ccc(OC)cc2)(CCNC(=O)c2nc(Cl)c(N)nc2N)CC(=O)O)cc1. The number of anilines is 2. The lowest BCUT2D eigenvalue weighted by atomic mass is 10.1. The summed E-state index contributed by atoms with van der Waals surface area (Å²) in [7, 11) is 3.25. The van der Waals surface area contributed by atoms with E-state index in [0.717, 1.165) is 48.3 Å². The van der Waals surface area contributed by atoms with Crippen molar-refractivity contribution < 1.29 is 28.7 Å². The van der Waals surface area contributed by atoms with E-state index < -0.39 is 11.9 Å². The zero-order chi connectivity index (χ0) is 29.8. The number of aliphatic carboxylic acids is 1. The lowest BCUT2D eigenvalue weighted by molar-refractivity contribution is -0.920. The Bertz CT molecular complexity index is 1250. The molecule has 0 saturated heterocycles. The molecule has 0 aliphatic heterocycles. The number of quaternary nitrogens is 1. The van der Waals surface area contributed by atoms with Crippen molar-refractivity contribution in [3.8, 4) is 11.5 Å². The van der Waals surface area contributed by atoms with Crippen molar-refractivity contribution in [2.24, 2.45) is 0 Å². The summed E-state index contributed by atoms with van der Waals surface area (Å²) < 4.78 is 10.8. The third-order valence-corrected chi connectivity index (χ3v) is 7.25. The van der Waals surface area contributed by atoms with Crippen LogP contribution >= 0.6 is 11.6 Å². The van der Waals surface area contributed by atoms with Crippen molar-refractivity contribution in [2.75, 3.05) is 58.4 Å². The van der Waals surface area contributed by atoms with Crippen LogP contribution in [-0.2, 0) is 17.6 Å². The number of ether oxygens (including phenoxy) is 2. The molecule has 220 valence electrons.